The van der Waals surface area contributed by atoms with E-state index in [1.54, 1.807) is 7.11 Å². The average molecular weight is 265 g/mol. The quantitative estimate of drug-likeness (QED) is 0.784. The molecule has 106 valence electrons. The van der Waals surface area contributed by atoms with E-state index in [0.29, 0.717) is 19.1 Å². The zero-order valence-electron chi connectivity index (χ0n) is 11.9. The van der Waals surface area contributed by atoms with Crippen LogP contribution in [-0.2, 0) is 9.53 Å². The van der Waals surface area contributed by atoms with Crippen molar-refractivity contribution in [2.75, 3.05) is 26.8 Å². The van der Waals surface area contributed by atoms with Gasteiger partial charge in [0, 0.05) is 20.2 Å². The van der Waals surface area contributed by atoms with Crippen molar-refractivity contribution in [1.82, 2.24) is 4.90 Å². The van der Waals surface area contributed by atoms with Gasteiger partial charge in [0.25, 0.3) is 0 Å². The first-order valence-electron chi connectivity index (χ1n) is 6.57. The molecule has 1 aromatic carbocycles. The minimum Gasteiger partial charge on any atom is -0.480 e. The first-order chi connectivity index (χ1) is 9.06. The fraction of sp³-hybridized carbons (Fsp3) is 0.533. The van der Waals surface area contributed by atoms with Crippen LogP contribution in [0.5, 0.6) is 0 Å². The van der Waals surface area contributed by atoms with E-state index in [0.717, 1.165) is 12.1 Å². The number of carboxylic acids is 1. The molecule has 0 bridgehead atoms. The zero-order chi connectivity index (χ0) is 14.3. The Labute approximate surface area is 115 Å². The standard InChI is InChI=1S/C15H23NO3/c1-12(2)11-16(9-10-19-3)14(15(17)18)13-7-5-4-6-8-13/h4-8,12,14H,9-11H2,1-3H3,(H,17,18). The Kier molecular flexibility index (Phi) is 6.53. The Morgan fingerprint density at radius 3 is 2.42 bits per heavy atom. The lowest BCUT2D eigenvalue weighted by molar-refractivity contribution is -0.144. The van der Waals surface area contributed by atoms with Crippen LogP contribution in [-0.4, -0.2) is 42.8 Å². The molecule has 0 aromatic heterocycles. The van der Waals surface area contributed by atoms with E-state index < -0.39 is 12.0 Å². The molecule has 0 fully saturated rings. The number of hydrogen-bond acceptors (Lipinski definition) is 3. The van der Waals surface area contributed by atoms with Gasteiger partial charge in [-0.2, -0.15) is 0 Å². The van der Waals surface area contributed by atoms with Crippen molar-refractivity contribution in [2.24, 2.45) is 5.92 Å². The van der Waals surface area contributed by atoms with E-state index in [9.17, 15) is 9.90 Å². The Morgan fingerprint density at radius 1 is 1.32 bits per heavy atom. The van der Waals surface area contributed by atoms with Crippen molar-refractivity contribution in [1.29, 1.82) is 0 Å². The van der Waals surface area contributed by atoms with E-state index in [2.05, 4.69) is 13.8 Å². The molecule has 0 radical (unpaired) electrons. The van der Waals surface area contributed by atoms with Gasteiger partial charge in [0.1, 0.15) is 6.04 Å². The van der Waals surface area contributed by atoms with Gasteiger partial charge in [-0.05, 0) is 11.5 Å². The number of methoxy groups -OCH3 is 1. The monoisotopic (exact) mass is 265 g/mol. The van der Waals surface area contributed by atoms with E-state index >= 15 is 0 Å². The van der Waals surface area contributed by atoms with Crippen LogP contribution in [0.15, 0.2) is 30.3 Å². The van der Waals surface area contributed by atoms with Crippen LogP contribution in [0.25, 0.3) is 0 Å². The number of benzene rings is 1. The minimum atomic E-state index is -0.817. The lowest BCUT2D eigenvalue weighted by atomic mass is 10.0. The molecular weight excluding hydrogens is 242 g/mol. The zero-order valence-corrected chi connectivity index (χ0v) is 11.9. The van der Waals surface area contributed by atoms with Gasteiger partial charge < -0.3 is 9.84 Å². The van der Waals surface area contributed by atoms with Gasteiger partial charge >= 0.3 is 5.97 Å². The molecular formula is C15H23NO3. The highest BCUT2D eigenvalue weighted by Crippen LogP contribution is 2.22. The molecule has 0 saturated carbocycles. The lowest BCUT2D eigenvalue weighted by Gasteiger charge is -2.30. The molecule has 0 heterocycles. The van der Waals surface area contributed by atoms with Crippen molar-refractivity contribution in [2.45, 2.75) is 19.9 Å². The Hall–Kier alpha value is -1.39. The highest BCUT2D eigenvalue weighted by atomic mass is 16.5. The topological polar surface area (TPSA) is 49.8 Å². The van der Waals surface area contributed by atoms with Gasteiger partial charge in [0.2, 0.25) is 0 Å². The van der Waals surface area contributed by atoms with Crippen molar-refractivity contribution in [3.63, 3.8) is 0 Å². The second-order valence-electron chi connectivity index (χ2n) is 5.03. The van der Waals surface area contributed by atoms with Gasteiger partial charge in [-0.15, -0.1) is 0 Å². The molecule has 1 atom stereocenters. The number of rotatable bonds is 8. The summed E-state index contributed by atoms with van der Waals surface area (Å²) in [4.78, 5) is 13.6. The fourth-order valence-corrected chi connectivity index (χ4v) is 2.15. The maximum atomic E-state index is 11.6. The molecule has 19 heavy (non-hydrogen) atoms. The van der Waals surface area contributed by atoms with Crippen molar-refractivity contribution < 1.29 is 14.6 Å². The predicted octanol–water partition coefficient (Wildman–Crippen LogP) is 2.42. The Bertz CT molecular complexity index is 378. The maximum absolute atomic E-state index is 11.6. The number of hydrogen-bond donors (Lipinski definition) is 1. The SMILES string of the molecule is COCCN(CC(C)C)C(C(=O)O)c1ccccc1. The summed E-state index contributed by atoms with van der Waals surface area (Å²) in [6, 6.07) is 8.74. The number of nitrogens with zero attached hydrogens (tertiary/aromatic N) is 1. The van der Waals surface area contributed by atoms with Crippen LogP contribution in [0.1, 0.15) is 25.5 Å². The van der Waals surface area contributed by atoms with Crippen LogP contribution < -0.4 is 0 Å². The molecule has 0 amide bonds. The Balaban J connectivity index is 2.94. The van der Waals surface area contributed by atoms with Crippen LogP contribution in [0, 0.1) is 5.92 Å². The number of aliphatic carboxylic acids is 1. The first-order valence-corrected chi connectivity index (χ1v) is 6.57. The first kappa shape index (κ1) is 15.7. The van der Waals surface area contributed by atoms with Crippen LogP contribution in [0.3, 0.4) is 0 Å². The Morgan fingerprint density at radius 2 is 1.95 bits per heavy atom. The maximum Gasteiger partial charge on any atom is 0.325 e. The smallest absolute Gasteiger partial charge is 0.325 e. The molecule has 4 nitrogen and oxygen atoms in total. The molecule has 0 spiro atoms. The normalized spacial score (nSPS) is 12.9. The molecule has 0 aliphatic heterocycles. The third kappa shape index (κ3) is 5.01. The van der Waals surface area contributed by atoms with Gasteiger partial charge in [-0.1, -0.05) is 44.2 Å². The molecule has 0 saturated heterocycles. The molecule has 1 aromatic rings. The van der Waals surface area contributed by atoms with Crippen LogP contribution >= 0.6 is 0 Å². The molecule has 0 aliphatic rings. The summed E-state index contributed by atoms with van der Waals surface area (Å²) in [5.74, 6) is -0.412. The lowest BCUT2D eigenvalue weighted by Crippen LogP contribution is -2.38. The van der Waals surface area contributed by atoms with E-state index in [-0.39, 0.29) is 0 Å². The van der Waals surface area contributed by atoms with Crippen molar-refractivity contribution in [3.05, 3.63) is 35.9 Å². The molecule has 4 heteroatoms. The van der Waals surface area contributed by atoms with Gasteiger partial charge in [-0.25, -0.2) is 0 Å². The van der Waals surface area contributed by atoms with Crippen LogP contribution in [0.4, 0.5) is 0 Å². The number of carboxylic acid groups (broad SMARTS) is 1. The summed E-state index contributed by atoms with van der Waals surface area (Å²) in [6.45, 7) is 6.05. The average Bonchev–Trinajstić information content (AvgIpc) is 2.36. The third-order valence-electron chi connectivity index (χ3n) is 2.90. The highest BCUT2D eigenvalue weighted by molar-refractivity contribution is 5.75. The molecule has 1 N–H and O–H groups in total. The van der Waals surface area contributed by atoms with Crippen LogP contribution in [0.2, 0.25) is 0 Å². The summed E-state index contributed by atoms with van der Waals surface area (Å²) in [7, 11) is 1.63. The van der Waals surface area contributed by atoms with Gasteiger partial charge in [0.15, 0.2) is 0 Å². The summed E-state index contributed by atoms with van der Waals surface area (Å²) < 4.78 is 5.09. The van der Waals surface area contributed by atoms with E-state index in [1.807, 2.05) is 35.2 Å². The molecule has 1 unspecified atom stereocenters. The second kappa shape index (κ2) is 7.92. The van der Waals surface area contributed by atoms with Crippen molar-refractivity contribution >= 4 is 5.97 Å². The van der Waals surface area contributed by atoms with E-state index in [1.165, 1.54) is 0 Å². The predicted molar refractivity (Wildman–Crippen MR) is 75.1 cm³/mol. The van der Waals surface area contributed by atoms with Gasteiger partial charge in [-0.3, -0.25) is 9.69 Å². The van der Waals surface area contributed by atoms with Crippen molar-refractivity contribution in [3.8, 4) is 0 Å². The third-order valence-corrected chi connectivity index (χ3v) is 2.90. The summed E-state index contributed by atoms with van der Waals surface area (Å²) >= 11 is 0. The summed E-state index contributed by atoms with van der Waals surface area (Å²) in [5.41, 5.74) is 0.812. The van der Waals surface area contributed by atoms with Gasteiger partial charge in [0.05, 0.1) is 6.61 Å². The number of carbonyl (C=O) groups is 1. The molecule has 0 aliphatic carbocycles. The van der Waals surface area contributed by atoms with E-state index in [4.69, 9.17) is 4.74 Å². The highest BCUT2D eigenvalue weighted by Gasteiger charge is 2.27. The molecule has 1 rings (SSSR count). The fourth-order valence-electron chi connectivity index (χ4n) is 2.15. The number of ether oxygens (including phenoxy) is 1. The summed E-state index contributed by atoms with van der Waals surface area (Å²) in [6.07, 6.45) is 0. The minimum absolute atomic E-state index is 0.405. The summed E-state index contributed by atoms with van der Waals surface area (Å²) in [5, 5.41) is 9.53. The second-order valence-corrected chi connectivity index (χ2v) is 5.03. The largest absolute Gasteiger partial charge is 0.480 e.